The molecule has 178 valence electrons. The molecule has 0 aliphatic carbocycles. The quantitative estimate of drug-likeness (QED) is 0.430. The SMILES string of the molecule is Cc1c(-c2cc3cc(N(C(=O)O)[C@@H]4CCNC[C@@H]4F)ncc3c(N)c2F)cnc2c1NCCO2. The second kappa shape index (κ2) is 8.56. The fraction of sp³-hybridized carbons (Fsp3) is 0.348. The lowest BCUT2D eigenvalue weighted by Gasteiger charge is -2.34. The van der Waals surface area contributed by atoms with Gasteiger partial charge in [-0.05, 0) is 43.0 Å². The second-order valence-corrected chi connectivity index (χ2v) is 8.40. The topological polar surface area (TPSA) is 126 Å². The van der Waals surface area contributed by atoms with E-state index in [-0.39, 0.29) is 23.6 Å². The van der Waals surface area contributed by atoms with E-state index in [1.165, 1.54) is 18.5 Å². The third-order valence-electron chi connectivity index (χ3n) is 6.38. The monoisotopic (exact) mass is 470 g/mol. The van der Waals surface area contributed by atoms with Gasteiger partial charge in [-0.2, -0.15) is 0 Å². The molecule has 9 nitrogen and oxygen atoms in total. The summed E-state index contributed by atoms with van der Waals surface area (Å²) < 4.78 is 35.5. The van der Waals surface area contributed by atoms with Crippen molar-refractivity contribution in [3.63, 3.8) is 0 Å². The van der Waals surface area contributed by atoms with E-state index >= 15 is 4.39 Å². The first-order chi connectivity index (χ1) is 16.4. The number of piperidine rings is 1. The molecular formula is C23H24F2N6O3. The Morgan fingerprint density at radius 3 is 2.85 bits per heavy atom. The smallest absolute Gasteiger partial charge is 0.413 e. The normalized spacial score (nSPS) is 19.7. The summed E-state index contributed by atoms with van der Waals surface area (Å²) in [6.45, 7) is 3.48. The van der Waals surface area contributed by atoms with Gasteiger partial charge in [-0.15, -0.1) is 0 Å². The molecule has 5 rings (SSSR count). The van der Waals surface area contributed by atoms with E-state index in [1.54, 1.807) is 6.07 Å². The van der Waals surface area contributed by atoms with E-state index < -0.39 is 24.1 Å². The summed E-state index contributed by atoms with van der Waals surface area (Å²) in [5, 5.41) is 16.8. The number of benzene rings is 1. The molecule has 1 saturated heterocycles. The van der Waals surface area contributed by atoms with Crippen molar-refractivity contribution < 1.29 is 23.4 Å². The van der Waals surface area contributed by atoms with Crippen LogP contribution in [0.15, 0.2) is 24.5 Å². The minimum atomic E-state index is -1.38. The number of aromatic nitrogens is 2. The number of hydrogen-bond donors (Lipinski definition) is 4. The summed E-state index contributed by atoms with van der Waals surface area (Å²) >= 11 is 0. The Labute approximate surface area is 193 Å². The molecule has 2 aliphatic heterocycles. The maximum absolute atomic E-state index is 15.4. The van der Waals surface area contributed by atoms with Crippen LogP contribution < -0.4 is 26.0 Å². The van der Waals surface area contributed by atoms with Gasteiger partial charge >= 0.3 is 6.09 Å². The molecule has 1 amide bonds. The van der Waals surface area contributed by atoms with Crippen molar-refractivity contribution in [3.05, 3.63) is 35.9 Å². The van der Waals surface area contributed by atoms with Crippen molar-refractivity contribution in [1.82, 2.24) is 15.3 Å². The van der Waals surface area contributed by atoms with Gasteiger partial charge < -0.3 is 26.2 Å². The van der Waals surface area contributed by atoms with E-state index in [0.717, 1.165) is 10.5 Å². The molecule has 5 N–H and O–H groups in total. The lowest BCUT2D eigenvalue weighted by Crippen LogP contribution is -2.53. The third-order valence-corrected chi connectivity index (χ3v) is 6.38. The van der Waals surface area contributed by atoms with Gasteiger partial charge in [0.05, 0.1) is 11.7 Å². The van der Waals surface area contributed by atoms with Crippen molar-refractivity contribution in [2.45, 2.75) is 25.6 Å². The summed E-state index contributed by atoms with van der Waals surface area (Å²) in [7, 11) is 0. The van der Waals surface area contributed by atoms with Crippen LogP contribution in [0.3, 0.4) is 0 Å². The minimum Gasteiger partial charge on any atom is -0.474 e. The Kier molecular flexibility index (Phi) is 5.56. The van der Waals surface area contributed by atoms with Crippen molar-refractivity contribution in [2.75, 3.05) is 42.2 Å². The first-order valence-electron chi connectivity index (χ1n) is 11.0. The van der Waals surface area contributed by atoms with Gasteiger partial charge in [0.25, 0.3) is 0 Å². The summed E-state index contributed by atoms with van der Waals surface area (Å²) in [6, 6.07) is 2.21. The number of carbonyl (C=O) groups is 1. The molecule has 3 aromatic rings. The van der Waals surface area contributed by atoms with Crippen molar-refractivity contribution in [2.24, 2.45) is 0 Å². The summed E-state index contributed by atoms with van der Waals surface area (Å²) in [4.78, 5) is 21.5. The highest BCUT2D eigenvalue weighted by atomic mass is 19.1. The zero-order valence-corrected chi connectivity index (χ0v) is 18.4. The molecule has 11 heteroatoms. The van der Waals surface area contributed by atoms with Crippen LogP contribution in [0.2, 0.25) is 0 Å². The molecule has 0 spiro atoms. The standard InChI is InChI=1S/C23H24F2N6O3/c1-11-14(8-30-22-21(11)28-4-5-34-22)13-6-12-7-18(29-9-15(12)20(26)19(13)25)31(23(32)33)17-2-3-27-10-16(17)24/h6-9,16-17,27-28H,2-5,10,26H2,1H3,(H,32,33)/t16-,17+/m0/s1. The number of anilines is 3. The average Bonchev–Trinajstić information content (AvgIpc) is 2.83. The number of fused-ring (bicyclic) bond motifs is 2. The van der Waals surface area contributed by atoms with Crippen LogP contribution in [0.4, 0.5) is 30.8 Å². The van der Waals surface area contributed by atoms with Crippen molar-refractivity contribution >= 4 is 34.1 Å². The molecule has 1 fully saturated rings. The number of ether oxygens (including phenoxy) is 1. The number of nitrogens with two attached hydrogens (primary N) is 1. The van der Waals surface area contributed by atoms with Gasteiger partial charge in [-0.3, -0.25) is 4.90 Å². The number of nitrogen functional groups attached to an aromatic ring is 1. The van der Waals surface area contributed by atoms with E-state index in [0.29, 0.717) is 54.0 Å². The highest BCUT2D eigenvalue weighted by molar-refractivity contribution is 5.99. The maximum Gasteiger partial charge on any atom is 0.413 e. The van der Waals surface area contributed by atoms with E-state index in [4.69, 9.17) is 10.5 Å². The third kappa shape index (κ3) is 3.61. The number of nitrogens with one attached hydrogen (secondary N) is 2. The number of halogens is 2. The van der Waals surface area contributed by atoms with E-state index in [2.05, 4.69) is 20.6 Å². The first kappa shape index (κ1) is 22.1. The van der Waals surface area contributed by atoms with E-state index in [1.807, 2.05) is 6.92 Å². The largest absolute Gasteiger partial charge is 0.474 e. The van der Waals surface area contributed by atoms with Gasteiger partial charge in [0.1, 0.15) is 24.3 Å². The highest BCUT2D eigenvalue weighted by Gasteiger charge is 2.35. The van der Waals surface area contributed by atoms with E-state index in [9.17, 15) is 14.3 Å². The van der Waals surface area contributed by atoms with Gasteiger partial charge in [0, 0.05) is 42.0 Å². The first-order valence-corrected chi connectivity index (χ1v) is 11.0. The predicted molar refractivity (Wildman–Crippen MR) is 125 cm³/mol. The predicted octanol–water partition coefficient (Wildman–Crippen LogP) is 3.32. The molecule has 2 aromatic heterocycles. The van der Waals surface area contributed by atoms with Crippen LogP contribution in [0.5, 0.6) is 5.88 Å². The Morgan fingerprint density at radius 2 is 2.09 bits per heavy atom. The van der Waals surface area contributed by atoms with Gasteiger partial charge in [0.15, 0.2) is 5.82 Å². The lowest BCUT2D eigenvalue weighted by atomic mass is 9.96. The summed E-state index contributed by atoms with van der Waals surface area (Å²) in [5.74, 6) is -0.115. The second-order valence-electron chi connectivity index (χ2n) is 8.40. The fourth-order valence-corrected chi connectivity index (χ4v) is 4.61. The van der Waals surface area contributed by atoms with Crippen LogP contribution in [0, 0.1) is 12.7 Å². The number of pyridine rings is 2. The number of carboxylic acid groups (broad SMARTS) is 1. The minimum absolute atomic E-state index is 0.0573. The van der Waals surface area contributed by atoms with Crippen LogP contribution in [-0.2, 0) is 0 Å². The number of nitrogens with zero attached hydrogens (tertiary/aromatic N) is 3. The van der Waals surface area contributed by atoms with Gasteiger partial charge in [-0.25, -0.2) is 23.5 Å². The van der Waals surface area contributed by atoms with Crippen LogP contribution in [-0.4, -0.2) is 59.6 Å². The fourth-order valence-electron chi connectivity index (χ4n) is 4.61. The van der Waals surface area contributed by atoms with Crippen LogP contribution >= 0.6 is 0 Å². The summed E-state index contributed by atoms with van der Waals surface area (Å²) in [6.07, 6.45) is 0.468. The average molecular weight is 470 g/mol. The summed E-state index contributed by atoms with van der Waals surface area (Å²) in [5.41, 5.74) is 8.19. The zero-order chi connectivity index (χ0) is 24.0. The molecule has 2 aliphatic rings. The highest BCUT2D eigenvalue weighted by Crippen LogP contribution is 2.40. The zero-order valence-electron chi connectivity index (χ0n) is 18.4. The molecule has 0 radical (unpaired) electrons. The maximum atomic E-state index is 15.4. The number of alkyl halides is 1. The lowest BCUT2D eigenvalue weighted by molar-refractivity contribution is 0.179. The number of rotatable bonds is 3. The molecule has 0 saturated carbocycles. The molecule has 2 atom stereocenters. The Morgan fingerprint density at radius 1 is 1.26 bits per heavy atom. The molecular weight excluding hydrogens is 446 g/mol. The van der Waals surface area contributed by atoms with Crippen molar-refractivity contribution in [1.29, 1.82) is 0 Å². The Balaban J connectivity index is 1.63. The Hall–Kier alpha value is -3.73. The molecule has 0 bridgehead atoms. The van der Waals surface area contributed by atoms with Gasteiger partial charge in [-0.1, -0.05) is 0 Å². The number of hydrogen-bond acceptors (Lipinski definition) is 7. The molecule has 34 heavy (non-hydrogen) atoms. The molecule has 0 unspecified atom stereocenters. The van der Waals surface area contributed by atoms with Crippen LogP contribution in [0.1, 0.15) is 12.0 Å². The van der Waals surface area contributed by atoms with Crippen LogP contribution in [0.25, 0.3) is 21.9 Å². The number of amides is 1. The molecule has 1 aromatic carbocycles. The van der Waals surface area contributed by atoms with Gasteiger partial charge in [0.2, 0.25) is 5.88 Å². The molecule has 4 heterocycles. The Bertz CT molecular complexity index is 1290. The van der Waals surface area contributed by atoms with Crippen molar-refractivity contribution in [3.8, 4) is 17.0 Å².